The maximum Gasteiger partial charge on any atom is 0.206 e. The van der Waals surface area contributed by atoms with Crippen molar-refractivity contribution in [2.24, 2.45) is 5.92 Å². The van der Waals surface area contributed by atoms with Gasteiger partial charge in [0.25, 0.3) is 0 Å². The van der Waals surface area contributed by atoms with E-state index in [0.717, 1.165) is 18.8 Å². The third-order valence-electron chi connectivity index (χ3n) is 3.78. The number of para-hydroxylation sites is 2. The molecule has 1 N–H and O–H groups in total. The first-order chi connectivity index (χ1) is 8.92. The molecular weight excluding hydrogens is 222 g/mol. The van der Waals surface area contributed by atoms with Crippen molar-refractivity contribution in [3.05, 3.63) is 59.7 Å². The van der Waals surface area contributed by atoms with Gasteiger partial charge in [-0.1, -0.05) is 30.3 Å². The predicted molar refractivity (Wildman–Crippen MR) is 70.3 cm³/mol. The lowest BCUT2D eigenvalue weighted by molar-refractivity contribution is -0.361. The summed E-state index contributed by atoms with van der Waals surface area (Å²) in [6.07, 6.45) is 1.06. The summed E-state index contributed by atoms with van der Waals surface area (Å²) in [5.74, 6) is 1.45. The number of nitrogens with one attached hydrogen (secondary N) is 1. The van der Waals surface area contributed by atoms with Gasteiger partial charge in [0, 0.05) is 11.6 Å². The number of benzene rings is 2. The molecule has 0 fully saturated rings. The van der Waals surface area contributed by atoms with Crippen molar-refractivity contribution in [3.8, 4) is 5.75 Å². The lowest BCUT2D eigenvalue weighted by Gasteiger charge is -2.26. The van der Waals surface area contributed by atoms with Gasteiger partial charge in [0.2, 0.25) is 5.69 Å². The number of hydrogen-bond donors (Lipinski definition) is 1. The number of ether oxygens (including phenoxy) is 1. The molecular formula is C16H14NO+. The highest BCUT2D eigenvalue weighted by Crippen LogP contribution is 2.30. The zero-order chi connectivity index (χ0) is 11.9. The fraction of sp³-hybridized carbons (Fsp3) is 0.188. The minimum atomic E-state index is 0.454. The fourth-order valence-corrected chi connectivity index (χ4v) is 2.87. The molecule has 18 heavy (non-hydrogen) atoms. The minimum Gasteiger partial charge on any atom is -0.492 e. The van der Waals surface area contributed by atoms with E-state index in [2.05, 4.69) is 41.4 Å². The fourth-order valence-electron chi connectivity index (χ4n) is 2.87. The van der Waals surface area contributed by atoms with Crippen LogP contribution in [0.3, 0.4) is 0 Å². The van der Waals surface area contributed by atoms with Crippen LogP contribution in [0.25, 0.3) is 0 Å². The molecule has 2 aromatic carbocycles. The van der Waals surface area contributed by atoms with Crippen molar-refractivity contribution >= 4 is 11.4 Å². The summed E-state index contributed by atoms with van der Waals surface area (Å²) in [6, 6.07) is 16.8. The Labute approximate surface area is 106 Å². The van der Waals surface area contributed by atoms with Gasteiger partial charge in [-0.2, -0.15) is 0 Å². The van der Waals surface area contributed by atoms with Gasteiger partial charge >= 0.3 is 0 Å². The summed E-state index contributed by atoms with van der Waals surface area (Å²) in [5, 5.41) is 0. The average molecular weight is 236 g/mol. The van der Waals surface area contributed by atoms with Crippen LogP contribution in [0.1, 0.15) is 11.1 Å². The lowest BCUT2D eigenvalue weighted by atomic mass is 9.86. The van der Waals surface area contributed by atoms with E-state index < -0.39 is 0 Å². The molecule has 2 heteroatoms. The minimum absolute atomic E-state index is 0.454. The Bertz CT molecular complexity index is 645. The summed E-state index contributed by atoms with van der Waals surface area (Å²) in [6.45, 7) is 0.772. The molecule has 2 aliphatic rings. The highest BCUT2D eigenvalue weighted by Gasteiger charge is 2.35. The van der Waals surface area contributed by atoms with E-state index >= 15 is 0 Å². The molecule has 0 spiro atoms. The van der Waals surface area contributed by atoms with Crippen molar-refractivity contribution in [3.63, 3.8) is 0 Å². The first-order valence-corrected chi connectivity index (χ1v) is 6.36. The van der Waals surface area contributed by atoms with Crippen molar-refractivity contribution in [1.29, 1.82) is 0 Å². The molecule has 1 atom stereocenters. The molecule has 0 aromatic heterocycles. The van der Waals surface area contributed by atoms with Crippen molar-refractivity contribution in [2.45, 2.75) is 6.42 Å². The first kappa shape index (κ1) is 9.89. The molecule has 88 valence electrons. The topological polar surface area (TPSA) is 23.2 Å². The average Bonchev–Trinajstić information content (AvgIpc) is 2.45. The van der Waals surface area contributed by atoms with Crippen LogP contribution in [0.2, 0.25) is 0 Å². The van der Waals surface area contributed by atoms with Crippen molar-refractivity contribution in [2.75, 3.05) is 6.61 Å². The predicted octanol–water partition coefficient (Wildman–Crippen LogP) is 1.45. The van der Waals surface area contributed by atoms with E-state index in [4.69, 9.17) is 4.74 Å². The van der Waals surface area contributed by atoms with Gasteiger partial charge in [-0.25, -0.2) is 4.99 Å². The van der Waals surface area contributed by atoms with Crippen LogP contribution in [0, 0.1) is 5.92 Å². The van der Waals surface area contributed by atoms with Gasteiger partial charge < -0.3 is 4.74 Å². The van der Waals surface area contributed by atoms with Crippen LogP contribution in [0.5, 0.6) is 5.75 Å². The van der Waals surface area contributed by atoms with Gasteiger partial charge in [0.05, 0.1) is 11.5 Å². The van der Waals surface area contributed by atoms with E-state index in [-0.39, 0.29) is 0 Å². The van der Waals surface area contributed by atoms with Gasteiger partial charge in [-0.15, -0.1) is 0 Å². The van der Waals surface area contributed by atoms with E-state index in [0.29, 0.717) is 5.92 Å². The second-order valence-electron chi connectivity index (χ2n) is 4.90. The first-order valence-electron chi connectivity index (χ1n) is 6.36. The third-order valence-corrected chi connectivity index (χ3v) is 3.78. The van der Waals surface area contributed by atoms with E-state index in [9.17, 15) is 0 Å². The summed E-state index contributed by atoms with van der Waals surface area (Å²) in [5.41, 5.74) is 5.15. The van der Waals surface area contributed by atoms with Crippen molar-refractivity contribution in [1.82, 2.24) is 0 Å². The Balaban J connectivity index is 1.91. The van der Waals surface area contributed by atoms with Crippen LogP contribution in [-0.2, 0) is 6.42 Å². The van der Waals surface area contributed by atoms with Gasteiger partial charge in [0.1, 0.15) is 12.4 Å². The maximum absolute atomic E-state index is 5.85. The molecule has 0 bridgehead atoms. The quantitative estimate of drug-likeness (QED) is 0.735. The van der Waals surface area contributed by atoms with E-state index in [1.165, 1.54) is 22.5 Å². The zero-order valence-electron chi connectivity index (χ0n) is 10.0. The Morgan fingerprint density at radius 2 is 1.83 bits per heavy atom. The SMILES string of the molecule is c1ccc2c(c1)CC1COc3ccccc3C1=[NH+]2. The third kappa shape index (κ3) is 1.39. The Kier molecular flexibility index (Phi) is 2.04. The van der Waals surface area contributed by atoms with Crippen LogP contribution in [0.15, 0.2) is 48.5 Å². The molecule has 2 heterocycles. The molecule has 0 radical (unpaired) electrons. The summed E-state index contributed by atoms with van der Waals surface area (Å²) >= 11 is 0. The second kappa shape index (κ2) is 3.70. The largest absolute Gasteiger partial charge is 0.492 e. The van der Waals surface area contributed by atoms with Crippen LogP contribution in [0.4, 0.5) is 5.69 Å². The molecule has 2 nitrogen and oxygen atoms in total. The zero-order valence-corrected chi connectivity index (χ0v) is 10.0. The Morgan fingerprint density at radius 1 is 1.00 bits per heavy atom. The molecule has 2 aromatic rings. The Morgan fingerprint density at radius 3 is 2.83 bits per heavy atom. The molecule has 0 amide bonds. The molecule has 0 saturated carbocycles. The van der Waals surface area contributed by atoms with Gasteiger partial charge in [0.15, 0.2) is 5.71 Å². The molecule has 0 saturated heterocycles. The summed E-state index contributed by atoms with van der Waals surface area (Å²) < 4.78 is 5.85. The smallest absolute Gasteiger partial charge is 0.206 e. The molecule has 0 aliphatic carbocycles. The lowest BCUT2D eigenvalue weighted by Crippen LogP contribution is -2.72. The van der Waals surface area contributed by atoms with Crippen LogP contribution in [-0.4, -0.2) is 12.3 Å². The number of hydrogen-bond acceptors (Lipinski definition) is 1. The van der Waals surface area contributed by atoms with Crippen molar-refractivity contribution < 1.29 is 9.73 Å². The van der Waals surface area contributed by atoms with E-state index in [1.54, 1.807) is 0 Å². The van der Waals surface area contributed by atoms with E-state index in [1.807, 2.05) is 12.1 Å². The highest BCUT2D eigenvalue weighted by atomic mass is 16.5. The van der Waals surface area contributed by atoms with Gasteiger partial charge in [-0.05, 0) is 18.6 Å². The highest BCUT2D eigenvalue weighted by molar-refractivity contribution is 6.02. The summed E-state index contributed by atoms with van der Waals surface area (Å²) in [7, 11) is 0. The number of fused-ring (bicyclic) bond motifs is 4. The van der Waals surface area contributed by atoms with Gasteiger partial charge in [-0.3, -0.25) is 0 Å². The van der Waals surface area contributed by atoms with Crippen LogP contribution >= 0.6 is 0 Å². The number of rotatable bonds is 0. The Hall–Kier alpha value is -2.09. The molecule has 4 rings (SSSR count). The maximum atomic E-state index is 5.85. The molecule has 1 unspecified atom stereocenters. The second-order valence-corrected chi connectivity index (χ2v) is 4.90. The monoisotopic (exact) mass is 236 g/mol. The summed E-state index contributed by atoms with van der Waals surface area (Å²) in [4.78, 5) is 3.59. The normalized spacial score (nSPS) is 20.0. The van der Waals surface area contributed by atoms with Crippen LogP contribution < -0.4 is 9.73 Å². The molecule has 2 aliphatic heterocycles. The standard InChI is InChI=1S/C16H13NO/c1-3-7-14-11(5-1)9-12-10-18-15-8-4-2-6-13(15)16(12)17-14/h1-8,12H,9-10H2/p+1.